The Bertz CT molecular complexity index is 599. The first-order chi connectivity index (χ1) is 10.3. The highest BCUT2D eigenvalue weighted by Gasteiger charge is 2.04. The number of nitrogens with zero attached hydrogens (tertiary/aromatic N) is 3. The van der Waals surface area contributed by atoms with Crippen LogP contribution in [-0.4, -0.2) is 25.4 Å². The third-order valence-electron chi connectivity index (χ3n) is 2.64. The van der Waals surface area contributed by atoms with Gasteiger partial charge in [-0.25, -0.2) is 9.98 Å². The van der Waals surface area contributed by atoms with Crippen molar-refractivity contribution in [3.8, 4) is 0 Å². The number of rotatable bonds is 2. The van der Waals surface area contributed by atoms with Crippen LogP contribution >= 0.6 is 0 Å². The largest absolute Gasteiger partial charge is 0.270 e. The molecule has 0 aliphatic heterocycles. The van der Waals surface area contributed by atoms with E-state index < -0.39 is 0 Å². The Morgan fingerprint density at radius 3 is 1.57 bits per heavy atom. The van der Waals surface area contributed by atoms with Gasteiger partial charge in [0.25, 0.3) is 0 Å². The summed E-state index contributed by atoms with van der Waals surface area (Å²) in [4.78, 5) is 12.7. The SMILES string of the molecule is C=NC(=NC(=NC)c1ccccc1)c1ccccc1.CC. The summed E-state index contributed by atoms with van der Waals surface area (Å²) < 4.78 is 0. The molecule has 0 saturated carbocycles. The second-order valence-corrected chi connectivity index (χ2v) is 3.87. The maximum Gasteiger partial charge on any atom is 0.161 e. The van der Waals surface area contributed by atoms with Crippen molar-refractivity contribution in [1.29, 1.82) is 0 Å². The normalized spacial score (nSPS) is 11.4. The number of hydrogen-bond donors (Lipinski definition) is 0. The van der Waals surface area contributed by atoms with E-state index >= 15 is 0 Å². The zero-order valence-corrected chi connectivity index (χ0v) is 12.8. The lowest BCUT2D eigenvalue weighted by Crippen LogP contribution is -2.04. The number of hydrogen-bond acceptors (Lipinski definition) is 1. The highest BCUT2D eigenvalue weighted by atomic mass is 15.0. The Morgan fingerprint density at radius 1 is 0.762 bits per heavy atom. The van der Waals surface area contributed by atoms with Crippen LogP contribution < -0.4 is 0 Å². The maximum absolute atomic E-state index is 4.49. The summed E-state index contributed by atoms with van der Waals surface area (Å²) in [6.07, 6.45) is 0. The van der Waals surface area contributed by atoms with E-state index in [4.69, 9.17) is 0 Å². The molecule has 0 saturated heterocycles. The highest BCUT2D eigenvalue weighted by Crippen LogP contribution is 2.07. The van der Waals surface area contributed by atoms with Gasteiger partial charge in [0, 0.05) is 18.2 Å². The van der Waals surface area contributed by atoms with Crippen LogP contribution in [0.4, 0.5) is 0 Å². The van der Waals surface area contributed by atoms with E-state index in [0.29, 0.717) is 11.7 Å². The van der Waals surface area contributed by atoms with Gasteiger partial charge in [-0.15, -0.1) is 0 Å². The summed E-state index contributed by atoms with van der Waals surface area (Å²) in [7, 11) is 1.72. The van der Waals surface area contributed by atoms with Crippen molar-refractivity contribution >= 4 is 18.4 Å². The van der Waals surface area contributed by atoms with Crippen LogP contribution in [0.3, 0.4) is 0 Å². The van der Waals surface area contributed by atoms with E-state index in [2.05, 4.69) is 21.7 Å². The Labute approximate surface area is 126 Å². The third-order valence-corrected chi connectivity index (χ3v) is 2.64. The van der Waals surface area contributed by atoms with Crippen LogP contribution in [-0.2, 0) is 0 Å². The second-order valence-electron chi connectivity index (χ2n) is 3.87. The molecule has 0 spiro atoms. The zero-order valence-electron chi connectivity index (χ0n) is 12.8. The summed E-state index contributed by atoms with van der Waals surface area (Å²) in [5.74, 6) is 1.22. The summed E-state index contributed by atoms with van der Waals surface area (Å²) in [6.45, 7) is 7.58. The van der Waals surface area contributed by atoms with Gasteiger partial charge in [0.1, 0.15) is 0 Å². The zero-order chi connectivity index (χ0) is 15.5. The van der Waals surface area contributed by atoms with Gasteiger partial charge in [0.15, 0.2) is 11.7 Å². The number of benzene rings is 2. The van der Waals surface area contributed by atoms with E-state index in [9.17, 15) is 0 Å². The van der Waals surface area contributed by atoms with Crippen LogP contribution in [0, 0.1) is 0 Å². The topological polar surface area (TPSA) is 37.1 Å². The van der Waals surface area contributed by atoms with E-state index in [1.807, 2.05) is 74.5 Å². The molecule has 108 valence electrons. The Kier molecular flexibility index (Phi) is 7.36. The third kappa shape index (κ3) is 4.80. The first-order valence-electron chi connectivity index (χ1n) is 6.98. The monoisotopic (exact) mass is 279 g/mol. The molecule has 0 aromatic heterocycles. The van der Waals surface area contributed by atoms with Crippen LogP contribution in [0.2, 0.25) is 0 Å². The number of amidine groups is 2. The molecule has 0 bridgehead atoms. The molecule has 0 heterocycles. The molecule has 2 aromatic carbocycles. The van der Waals surface area contributed by atoms with Crippen molar-refractivity contribution < 1.29 is 0 Å². The fraction of sp³-hybridized carbons (Fsp3) is 0.167. The molecule has 0 atom stereocenters. The first kappa shape index (κ1) is 16.5. The molecule has 0 aliphatic carbocycles. The molecule has 3 heteroatoms. The Balaban J connectivity index is 0.00000106. The highest BCUT2D eigenvalue weighted by molar-refractivity contribution is 6.12. The van der Waals surface area contributed by atoms with E-state index in [1.165, 1.54) is 0 Å². The maximum atomic E-state index is 4.49. The van der Waals surface area contributed by atoms with Crippen molar-refractivity contribution in [1.82, 2.24) is 0 Å². The molecule has 2 aromatic rings. The molecule has 21 heavy (non-hydrogen) atoms. The molecular formula is C18H21N3. The van der Waals surface area contributed by atoms with Gasteiger partial charge < -0.3 is 0 Å². The smallest absolute Gasteiger partial charge is 0.161 e. The average molecular weight is 279 g/mol. The summed E-state index contributed by atoms with van der Waals surface area (Å²) in [6, 6.07) is 19.6. The lowest BCUT2D eigenvalue weighted by atomic mass is 10.2. The lowest BCUT2D eigenvalue weighted by molar-refractivity contribution is 1.37. The van der Waals surface area contributed by atoms with Crippen molar-refractivity contribution in [3.63, 3.8) is 0 Å². The van der Waals surface area contributed by atoms with Crippen molar-refractivity contribution in [2.75, 3.05) is 7.05 Å². The van der Waals surface area contributed by atoms with Gasteiger partial charge in [-0.3, -0.25) is 4.99 Å². The molecule has 0 N–H and O–H groups in total. The standard InChI is InChI=1S/C16H15N3.C2H6/c1-17-15(13-9-5-3-6-10-13)19-16(18-2)14-11-7-4-8-12-14;1-2/h3-12H,1H2,2H3;1-2H3. The molecule has 3 nitrogen and oxygen atoms in total. The van der Waals surface area contributed by atoms with E-state index in [0.717, 1.165) is 11.1 Å². The average Bonchev–Trinajstić information content (AvgIpc) is 2.59. The quantitative estimate of drug-likeness (QED) is 0.582. The Hall–Kier alpha value is -2.55. The molecule has 0 amide bonds. The number of aliphatic imine (C=N–C) groups is 3. The molecule has 2 rings (SSSR count). The second kappa shape index (κ2) is 9.37. The van der Waals surface area contributed by atoms with Crippen LogP contribution in [0.5, 0.6) is 0 Å². The summed E-state index contributed by atoms with van der Waals surface area (Å²) >= 11 is 0. The van der Waals surface area contributed by atoms with Crippen LogP contribution in [0.15, 0.2) is 75.6 Å². The van der Waals surface area contributed by atoms with Gasteiger partial charge in [-0.2, -0.15) is 0 Å². The molecule has 0 unspecified atom stereocenters. The Morgan fingerprint density at radius 2 is 1.19 bits per heavy atom. The van der Waals surface area contributed by atoms with Crippen molar-refractivity contribution in [2.45, 2.75) is 13.8 Å². The van der Waals surface area contributed by atoms with Crippen molar-refractivity contribution in [2.24, 2.45) is 15.0 Å². The summed E-state index contributed by atoms with van der Waals surface area (Å²) in [5, 5.41) is 0. The van der Waals surface area contributed by atoms with Gasteiger partial charge in [-0.1, -0.05) is 74.5 Å². The molecule has 0 radical (unpaired) electrons. The van der Waals surface area contributed by atoms with Gasteiger partial charge in [0.05, 0.1) is 0 Å². The molecular weight excluding hydrogens is 258 g/mol. The van der Waals surface area contributed by atoms with Crippen LogP contribution in [0.1, 0.15) is 25.0 Å². The fourth-order valence-electron chi connectivity index (χ4n) is 1.71. The molecule has 0 fully saturated rings. The minimum absolute atomic E-state index is 0.574. The predicted octanol–water partition coefficient (Wildman–Crippen LogP) is 4.24. The first-order valence-corrected chi connectivity index (χ1v) is 6.98. The van der Waals surface area contributed by atoms with Gasteiger partial charge >= 0.3 is 0 Å². The molecule has 0 aliphatic rings. The lowest BCUT2D eigenvalue weighted by Gasteiger charge is -2.03. The summed E-state index contributed by atoms with van der Waals surface area (Å²) in [5.41, 5.74) is 1.89. The predicted molar refractivity (Wildman–Crippen MR) is 92.8 cm³/mol. The fourth-order valence-corrected chi connectivity index (χ4v) is 1.71. The van der Waals surface area contributed by atoms with E-state index in [-0.39, 0.29) is 0 Å². The van der Waals surface area contributed by atoms with Crippen LogP contribution in [0.25, 0.3) is 0 Å². The van der Waals surface area contributed by atoms with Gasteiger partial charge in [0.2, 0.25) is 0 Å². The van der Waals surface area contributed by atoms with E-state index in [1.54, 1.807) is 7.05 Å². The van der Waals surface area contributed by atoms with Crippen molar-refractivity contribution in [3.05, 3.63) is 71.8 Å². The minimum Gasteiger partial charge on any atom is -0.270 e. The van der Waals surface area contributed by atoms with Gasteiger partial charge in [-0.05, 0) is 6.72 Å². The minimum atomic E-state index is 0.574.